The van der Waals surface area contributed by atoms with Crippen molar-refractivity contribution in [3.05, 3.63) is 33.9 Å². The van der Waals surface area contributed by atoms with E-state index in [0.29, 0.717) is 17.3 Å². The lowest BCUT2D eigenvalue weighted by Crippen LogP contribution is -2.27. The second kappa shape index (κ2) is 5.03. The van der Waals surface area contributed by atoms with Crippen LogP contribution in [0.15, 0.2) is 18.2 Å². The molecule has 0 bridgehead atoms. The van der Waals surface area contributed by atoms with Crippen LogP contribution >= 0.6 is 0 Å². The third kappa shape index (κ3) is 2.42. The van der Waals surface area contributed by atoms with Gasteiger partial charge in [0.2, 0.25) is 0 Å². The summed E-state index contributed by atoms with van der Waals surface area (Å²) in [5.74, 6) is -0.326. The minimum atomic E-state index is -0.465. The van der Waals surface area contributed by atoms with Crippen LogP contribution in [-0.4, -0.2) is 23.9 Å². The third-order valence-electron chi connectivity index (χ3n) is 3.15. The smallest absolute Gasteiger partial charge is 0.293 e. The van der Waals surface area contributed by atoms with E-state index in [-0.39, 0.29) is 11.6 Å². The van der Waals surface area contributed by atoms with Gasteiger partial charge in [0.15, 0.2) is 0 Å². The van der Waals surface area contributed by atoms with Gasteiger partial charge in [0.25, 0.3) is 11.6 Å². The van der Waals surface area contributed by atoms with Gasteiger partial charge in [-0.3, -0.25) is 14.9 Å². The van der Waals surface area contributed by atoms with Crippen LogP contribution < -0.4 is 10.6 Å². The van der Waals surface area contributed by atoms with Crippen molar-refractivity contribution in [3.63, 3.8) is 0 Å². The van der Waals surface area contributed by atoms with Crippen LogP contribution in [0, 0.1) is 10.1 Å². The lowest BCUT2D eigenvalue weighted by Gasteiger charge is -2.27. The highest BCUT2D eigenvalue weighted by molar-refractivity contribution is 5.95. The number of carbonyl (C=O) groups excluding carboxylic acids is 1. The number of nitrogens with zero attached hydrogens (tertiary/aromatic N) is 1. The first-order valence-corrected chi connectivity index (χ1v) is 5.89. The Balaban J connectivity index is 2.28. The first-order valence-electron chi connectivity index (χ1n) is 5.89. The molecule has 0 unspecified atom stereocenters. The number of benzene rings is 1. The largest absolute Gasteiger partial charge is 0.377 e. The van der Waals surface area contributed by atoms with Gasteiger partial charge in [-0.1, -0.05) is 0 Å². The van der Waals surface area contributed by atoms with Crippen molar-refractivity contribution in [1.82, 2.24) is 5.32 Å². The highest BCUT2D eigenvalue weighted by Gasteiger charge is 2.22. The molecule has 1 saturated carbocycles. The van der Waals surface area contributed by atoms with Crippen molar-refractivity contribution in [1.29, 1.82) is 0 Å². The topological polar surface area (TPSA) is 84.3 Å². The van der Waals surface area contributed by atoms with Crippen LogP contribution in [0.4, 0.5) is 11.4 Å². The summed E-state index contributed by atoms with van der Waals surface area (Å²) >= 11 is 0. The normalized spacial score (nSPS) is 14.7. The van der Waals surface area contributed by atoms with Gasteiger partial charge in [-0.25, -0.2) is 0 Å². The number of anilines is 1. The molecule has 0 atom stereocenters. The van der Waals surface area contributed by atoms with Crippen molar-refractivity contribution < 1.29 is 9.72 Å². The van der Waals surface area contributed by atoms with E-state index in [0.717, 1.165) is 19.3 Å². The maximum Gasteiger partial charge on any atom is 0.293 e. The van der Waals surface area contributed by atoms with Crippen LogP contribution in [0.25, 0.3) is 0 Å². The minimum Gasteiger partial charge on any atom is -0.377 e. The second-order valence-corrected chi connectivity index (χ2v) is 4.34. The van der Waals surface area contributed by atoms with Crippen LogP contribution in [0.2, 0.25) is 0 Å². The van der Waals surface area contributed by atoms with Crippen molar-refractivity contribution in [3.8, 4) is 0 Å². The fraction of sp³-hybridized carbons (Fsp3) is 0.417. The summed E-state index contributed by atoms with van der Waals surface area (Å²) in [6.07, 6.45) is 3.23. The van der Waals surface area contributed by atoms with Crippen LogP contribution in [-0.2, 0) is 0 Å². The molecule has 2 N–H and O–H groups in total. The summed E-state index contributed by atoms with van der Waals surface area (Å²) in [5.41, 5.74) is 0.726. The molecule has 6 nitrogen and oxygen atoms in total. The Hall–Kier alpha value is -2.11. The molecule has 1 aliphatic rings. The summed E-state index contributed by atoms with van der Waals surface area (Å²) in [7, 11) is 1.49. The Morgan fingerprint density at radius 3 is 2.67 bits per heavy atom. The monoisotopic (exact) mass is 249 g/mol. The Morgan fingerprint density at radius 2 is 2.17 bits per heavy atom. The molecule has 0 aliphatic heterocycles. The number of hydrogen-bond donors (Lipinski definition) is 2. The zero-order valence-corrected chi connectivity index (χ0v) is 10.1. The molecule has 0 radical (unpaired) electrons. The van der Waals surface area contributed by atoms with Gasteiger partial charge in [0, 0.05) is 24.7 Å². The average molecular weight is 249 g/mol. The van der Waals surface area contributed by atoms with E-state index in [1.807, 2.05) is 0 Å². The number of nitro groups is 1. The van der Waals surface area contributed by atoms with E-state index in [1.165, 1.54) is 13.1 Å². The van der Waals surface area contributed by atoms with Crippen molar-refractivity contribution in [2.24, 2.45) is 0 Å². The molecule has 1 fully saturated rings. The fourth-order valence-corrected chi connectivity index (χ4v) is 1.86. The van der Waals surface area contributed by atoms with E-state index < -0.39 is 4.92 Å². The van der Waals surface area contributed by atoms with Gasteiger partial charge in [-0.2, -0.15) is 0 Å². The summed E-state index contributed by atoms with van der Waals surface area (Å²) in [6, 6.07) is 4.81. The molecular formula is C12H15N3O3. The number of rotatable bonds is 4. The van der Waals surface area contributed by atoms with Crippen molar-refractivity contribution in [2.75, 3.05) is 12.4 Å². The molecule has 0 spiro atoms. The van der Waals surface area contributed by atoms with Gasteiger partial charge in [0.05, 0.1) is 4.92 Å². The van der Waals surface area contributed by atoms with Gasteiger partial charge in [0.1, 0.15) is 5.69 Å². The van der Waals surface area contributed by atoms with Gasteiger partial charge in [-0.15, -0.1) is 0 Å². The Kier molecular flexibility index (Phi) is 3.45. The molecule has 1 aliphatic carbocycles. The average Bonchev–Trinajstić information content (AvgIpc) is 2.32. The summed E-state index contributed by atoms with van der Waals surface area (Å²) in [5, 5.41) is 16.6. The molecular weight excluding hydrogens is 234 g/mol. The zero-order chi connectivity index (χ0) is 13.1. The van der Waals surface area contributed by atoms with Gasteiger partial charge in [-0.05, 0) is 31.4 Å². The second-order valence-electron chi connectivity index (χ2n) is 4.34. The first kappa shape index (κ1) is 12.3. The lowest BCUT2D eigenvalue weighted by molar-refractivity contribution is -0.384. The molecule has 2 rings (SSSR count). The summed E-state index contributed by atoms with van der Waals surface area (Å²) in [6.45, 7) is 0. The van der Waals surface area contributed by atoms with Crippen LogP contribution in [0.3, 0.4) is 0 Å². The highest BCUT2D eigenvalue weighted by atomic mass is 16.6. The quantitative estimate of drug-likeness (QED) is 0.630. The van der Waals surface area contributed by atoms with E-state index in [4.69, 9.17) is 0 Å². The molecule has 18 heavy (non-hydrogen) atoms. The SMILES string of the molecule is CNC(=O)c1ccc(NC2CCC2)c([N+](=O)[O-])c1. The van der Waals surface area contributed by atoms with Crippen LogP contribution in [0.1, 0.15) is 29.6 Å². The van der Waals surface area contributed by atoms with E-state index in [9.17, 15) is 14.9 Å². The highest BCUT2D eigenvalue weighted by Crippen LogP contribution is 2.30. The predicted molar refractivity (Wildman–Crippen MR) is 67.7 cm³/mol. The maximum atomic E-state index is 11.4. The van der Waals surface area contributed by atoms with E-state index in [1.54, 1.807) is 12.1 Å². The van der Waals surface area contributed by atoms with Gasteiger partial charge >= 0.3 is 0 Å². The standard InChI is InChI=1S/C12H15N3O3/c1-13-12(16)8-5-6-10(11(7-8)15(17)18)14-9-3-2-4-9/h5-7,9,14H,2-4H2,1H3,(H,13,16). The zero-order valence-electron chi connectivity index (χ0n) is 10.1. The lowest BCUT2D eigenvalue weighted by atomic mass is 9.93. The van der Waals surface area contributed by atoms with Crippen molar-refractivity contribution >= 4 is 17.3 Å². The third-order valence-corrected chi connectivity index (χ3v) is 3.15. The number of nitro benzene ring substituents is 1. The molecule has 0 heterocycles. The number of carbonyl (C=O) groups is 1. The molecule has 0 saturated heterocycles. The predicted octanol–water partition coefficient (Wildman–Crippen LogP) is 1.92. The number of nitrogens with one attached hydrogen (secondary N) is 2. The molecule has 1 aromatic rings. The van der Waals surface area contributed by atoms with Gasteiger partial charge < -0.3 is 10.6 Å². The summed E-state index contributed by atoms with van der Waals surface area (Å²) < 4.78 is 0. The van der Waals surface area contributed by atoms with E-state index >= 15 is 0 Å². The molecule has 6 heteroatoms. The fourth-order valence-electron chi connectivity index (χ4n) is 1.86. The minimum absolute atomic E-state index is 0.0528. The molecule has 1 aromatic carbocycles. The molecule has 0 aromatic heterocycles. The Bertz CT molecular complexity index is 483. The van der Waals surface area contributed by atoms with Crippen LogP contribution in [0.5, 0.6) is 0 Å². The summed E-state index contributed by atoms with van der Waals surface area (Å²) in [4.78, 5) is 22.0. The van der Waals surface area contributed by atoms with Crippen molar-refractivity contribution in [2.45, 2.75) is 25.3 Å². The molecule has 1 amide bonds. The van der Waals surface area contributed by atoms with E-state index in [2.05, 4.69) is 10.6 Å². The maximum absolute atomic E-state index is 11.4. The number of hydrogen-bond acceptors (Lipinski definition) is 4. The Labute approximate surface area is 105 Å². The number of amides is 1. The Morgan fingerprint density at radius 1 is 1.44 bits per heavy atom. The molecule has 96 valence electrons. The first-order chi connectivity index (χ1) is 8.61.